The van der Waals surface area contributed by atoms with Crippen molar-refractivity contribution in [2.75, 3.05) is 12.4 Å². The Kier molecular flexibility index (Phi) is 6.35. The minimum absolute atomic E-state index is 0.261. The van der Waals surface area contributed by atoms with Gasteiger partial charge in [-0.2, -0.15) is 0 Å². The summed E-state index contributed by atoms with van der Waals surface area (Å²) < 4.78 is 7.95. The Morgan fingerprint density at radius 1 is 1.20 bits per heavy atom. The first-order valence-electron chi connectivity index (χ1n) is 8.97. The molecule has 0 aliphatic rings. The highest BCUT2D eigenvalue weighted by atomic mass is 127. The van der Waals surface area contributed by atoms with Crippen LogP contribution in [0.5, 0.6) is 11.5 Å². The fraction of sp³-hybridized carbons (Fsp3) is 0.0952. The zero-order valence-corrected chi connectivity index (χ0v) is 19.5. The number of benzene rings is 2. The molecule has 2 N–H and O–H groups in total. The fourth-order valence-corrected chi connectivity index (χ4v) is 4.40. The SMILES string of the molecule is CNC(=O)c1cc(Oc2ccc3nc(NCc4cccc(Cl)c4I)sc3c2)ccn1. The molecule has 0 spiro atoms. The molecule has 0 bridgehead atoms. The Morgan fingerprint density at radius 2 is 2.03 bits per heavy atom. The molecule has 2 aromatic carbocycles. The molecule has 0 saturated carbocycles. The van der Waals surface area contributed by atoms with Gasteiger partial charge in [0.25, 0.3) is 5.91 Å². The number of nitrogens with zero attached hydrogens (tertiary/aromatic N) is 2. The molecule has 0 fully saturated rings. The average Bonchev–Trinajstić information content (AvgIpc) is 3.16. The van der Waals surface area contributed by atoms with Crippen molar-refractivity contribution in [1.82, 2.24) is 15.3 Å². The average molecular weight is 551 g/mol. The van der Waals surface area contributed by atoms with Gasteiger partial charge < -0.3 is 15.4 Å². The summed E-state index contributed by atoms with van der Waals surface area (Å²) >= 11 is 9.99. The second-order valence-electron chi connectivity index (χ2n) is 6.27. The first kappa shape index (κ1) is 20.8. The van der Waals surface area contributed by atoms with Gasteiger partial charge in [0.15, 0.2) is 5.13 Å². The number of halogens is 2. The molecule has 0 aliphatic carbocycles. The molecular weight excluding hydrogens is 535 g/mol. The maximum atomic E-state index is 11.7. The molecule has 6 nitrogen and oxygen atoms in total. The highest BCUT2D eigenvalue weighted by Gasteiger charge is 2.10. The minimum atomic E-state index is -0.261. The van der Waals surface area contributed by atoms with Crippen LogP contribution in [0.25, 0.3) is 10.2 Å². The molecule has 1 amide bonds. The topological polar surface area (TPSA) is 76.1 Å². The third kappa shape index (κ3) is 4.66. The van der Waals surface area contributed by atoms with E-state index in [9.17, 15) is 4.79 Å². The summed E-state index contributed by atoms with van der Waals surface area (Å²) in [7, 11) is 1.56. The van der Waals surface area contributed by atoms with Gasteiger partial charge in [0.05, 0.1) is 15.2 Å². The van der Waals surface area contributed by atoms with E-state index < -0.39 is 0 Å². The normalized spacial score (nSPS) is 10.8. The van der Waals surface area contributed by atoms with Crippen molar-refractivity contribution in [3.63, 3.8) is 0 Å². The molecule has 0 unspecified atom stereocenters. The fourth-order valence-electron chi connectivity index (χ4n) is 2.76. The Morgan fingerprint density at radius 3 is 2.87 bits per heavy atom. The van der Waals surface area contributed by atoms with Gasteiger partial charge in [-0.3, -0.25) is 9.78 Å². The van der Waals surface area contributed by atoms with E-state index >= 15 is 0 Å². The number of carbonyl (C=O) groups is 1. The van der Waals surface area contributed by atoms with Crippen molar-refractivity contribution < 1.29 is 9.53 Å². The van der Waals surface area contributed by atoms with Crippen molar-refractivity contribution in [1.29, 1.82) is 0 Å². The lowest BCUT2D eigenvalue weighted by Crippen LogP contribution is -2.18. The molecule has 2 heterocycles. The highest BCUT2D eigenvalue weighted by molar-refractivity contribution is 14.1. The summed E-state index contributed by atoms with van der Waals surface area (Å²) in [5.41, 5.74) is 2.31. The van der Waals surface area contributed by atoms with Crippen molar-refractivity contribution in [3.8, 4) is 11.5 Å². The number of hydrogen-bond acceptors (Lipinski definition) is 6. The van der Waals surface area contributed by atoms with E-state index in [2.05, 4.69) is 43.2 Å². The van der Waals surface area contributed by atoms with Crippen molar-refractivity contribution >= 4 is 66.8 Å². The third-order valence-corrected chi connectivity index (χ3v) is 7.13. The quantitative estimate of drug-likeness (QED) is 0.301. The van der Waals surface area contributed by atoms with Gasteiger partial charge in [-0.25, -0.2) is 4.98 Å². The largest absolute Gasteiger partial charge is 0.457 e. The first-order chi connectivity index (χ1) is 14.5. The van der Waals surface area contributed by atoms with Crippen LogP contribution in [0.2, 0.25) is 5.02 Å². The van der Waals surface area contributed by atoms with Crippen molar-refractivity contribution in [2.45, 2.75) is 6.54 Å². The van der Waals surface area contributed by atoms with Gasteiger partial charge in [0.2, 0.25) is 0 Å². The number of aromatic nitrogens is 2. The lowest BCUT2D eigenvalue weighted by Gasteiger charge is -2.06. The molecule has 152 valence electrons. The van der Waals surface area contributed by atoms with Gasteiger partial charge in [0, 0.05) is 35.5 Å². The highest BCUT2D eigenvalue weighted by Crippen LogP contribution is 2.32. The molecule has 0 aliphatic heterocycles. The number of ether oxygens (including phenoxy) is 1. The molecule has 2 aromatic heterocycles. The standard InChI is InChI=1S/C21H16ClIN4O2S/c1-24-20(28)17-9-14(7-8-25-17)29-13-5-6-16-18(10-13)30-21(27-16)26-11-12-3-2-4-15(22)19(12)23/h2-10H,11H2,1H3,(H,24,28)(H,26,27). The van der Waals surface area contributed by atoms with Crippen LogP contribution >= 0.6 is 45.5 Å². The Bertz CT molecular complexity index is 1230. The van der Waals surface area contributed by atoms with Crippen LogP contribution in [-0.4, -0.2) is 22.9 Å². The van der Waals surface area contributed by atoms with Crippen LogP contribution in [0.1, 0.15) is 16.1 Å². The zero-order valence-electron chi connectivity index (χ0n) is 15.8. The monoisotopic (exact) mass is 550 g/mol. The Balaban J connectivity index is 1.50. The lowest BCUT2D eigenvalue weighted by molar-refractivity contribution is 0.0958. The van der Waals surface area contributed by atoms with E-state index in [0.29, 0.717) is 23.7 Å². The van der Waals surface area contributed by atoms with Crippen LogP contribution in [0, 0.1) is 3.57 Å². The Hall–Kier alpha value is -2.43. The number of rotatable bonds is 6. The van der Waals surface area contributed by atoms with Gasteiger partial charge >= 0.3 is 0 Å². The summed E-state index contributed by atoms with van der Waals surface area (Å²) in [6.45, 7) is 0.640. The minimum Gasteiger partial charge on any atom is -0.457 e. The number of hydrogen-bond donors (Lipinski definition) is 2. The van der Waals surface area contributed by atoms with Crippen LogP contribution < -0.4 is 15.4 Å². The molecule has 4 aromatic rings. The summed E-state index contributed by atoms with van der Waals surface area (Å²) in [6, 6.07) is 14.9. The number of anilines is 1. The van der Waals surface area contributed by atoms with E-state index in [1.54, 1.807) is 36.7 Å². The second-order valence-corrected chi connectivity index (χ2v) is 8.79. The lowest BCUT2D eigenvalue weighted by atomic mass is 10.2. The second kappa shape index (κ2) is 9.15. The van der Waals surface area contributed by atoms with E-state index in [-0.39, 0.29) is 5.91 Å². The summed E-state index contributed by atoms with van der Waals surface area (Å²) in [5.74, 6) is 0.945. The number of thiazole rings is 1. The van der Waals surface area contributed by atoms with Crippen LogP contribution in [0.3, 0.4) is 0 Å². The molecule has 30 heavy (non-hydrogen) atoms. The van der Waals surface area contributed by atoms with E-state index in [1.165, 1.54) is 0 Å². The Labute approximate surface area is 195 Å². The molecule has 9 heteroatoms. The van der Waals surface area contributed by atoms with E-state index in [1.807, 2.05) is 36.4 Å². The van der Waals surface area contributed by atoms with Gasteiger partial charge in [-0.05, 0) is 52.4 Å². The number of fused-ring (bicyclic) bond motifs is 1. The summed E-state index contributed by atoms with van der Waals surface area (Å²) in [6.07, 6.45) is 1.55. The number of amides is 1. The van der Waals surface area contributed by atoms with Gasteiger partial charge in [0.1, 0.15) is 17.2 Å². The van der Waals surface area contributed by atoms with Crippen LogP contribution in [-0.2, 0) is 6.54 Å². The molecule has 4 rings (SSSR count). The van der Waals surface area contributed by atoms with Crippen molar-refractivity contribution in [2.24, 2.45) is 0 Å². The molecule has 0 radical (unpaired) electrons. The first-order valence-corrected chi connectivity index (χ1v) is 11.2. The van der Waals surface area contributed by atoms with Crippen LogP contribution in [0.15, 0.2) is 54.7 Å². The molecule has 0 saturated heterocycles. The molecule has 0 atom stereocenters. The zero-order chi connectivity index (χ0) is 21.1. The number of nitrogens with one attached hydrogen (secondary N) is 2. The van der Waals surface area contributed by atoms with E-state index in [4.69, 9.17) is 16.3 Å². The van der Waals surface area contributed by atoms with Gasteiger partial charge in [-0.15, -0.1) is 0 Å². The molecular formula is C21H16ClIN4O2S. The smallest absolute Gasteiger partial charge is 0.269 e. The summed E-state index contributed by atoms with van der Waals surface area (Å²) in [5, 5.41) is 7.49. The number of carbonyl (C=O) groups excluding carboxylic acids is 1. The maximum Gasteiger partial charge on any atom is 0.269 e. The van der Waals surface area contributed by atoms with Crippen molar-refractivity contribution in [3.05, 3.63) is 74.6 Å². The van der Waals surface area contributed by atoms with Gasteiger partial charge in [-0.1, -0.05) is 35.1 Å². The van der Waals surface area contributed by atoms with Crippen LogP contribution in [0.4, 0.5) is 5.13 Å². The predicted molar refractivity (Wildman–Crippen MR) is 129 cm³/mol. The third-order valence-electron chi connectivity index (χ3n) is 4.25. The number of pyridine rings is 1. The predicted octanol–water partition coefficient (Wildman–Crippen LogP) is 5.71. The van der Waals surface area contributed by atoms with E-state index in [0.717, 1.165) is 29.5 Å². The summed E-state index contributed by atoms with van der Waals surface area (Å²) in [4.78, 5) is 20.4. The maximum absolute atomic E-state index is 11.7.